The summed E-state index contributed by atoms with van der Waals surface area (Å²) >= 11 is 0. The first-order chi connectivity index (χ1) is 6.47. The molecule has 0 aliphatic heterocycles. The molecule has 0 fully saturated rings. The van der Waals surface area contributed by atoms with Gasteiger partial charge in [-0.1, -0.05) is 38.8 Å². The Balaban J connectivity index is 3.97. The highest BCUT2D eigenvalue weighted by Gasteiger charge is 2.13. The Kier molecular flexibility index (Phi) is 6.52. The lowest BCUT2D eigenvalue weighted by molar-refractivity contribution is -0.117. The molecule has 0 aliphatic rings. The molecule has 0 heterocycles. The third-order valence-electron chi connectivity index (χ3n) is 2.94. The highest BCUT2D eigenvalue weighted by Crippen LogP contribution is 2.23. The summed E-state index contributed by atoms with van der Waals surface area (Å²) in [6.45, 7) is 12.1. The van der Waals surface area contributed by atoms with Crippen molar-refractivity contribution in [2.75, 3.05) is 0 Å². The van der Waals surface area contributed by atoms with Crippen molar-refractivity contribution < 1.29 is 4.79 Å². The van der Waals surface area contributed by atoms with Crippen molar-refractivity contribution in [3.63, 3.8) is 0 Å². The van der Waals surface area contributed by atoms with Crippen LogP contribution in [0.4, 0.5) is 0 Å². The van der Waals surface area contributed by atoms with Gasteiger partial charge in [0, 0.05) is 6.42 Å². The van der Waals surface area contributed by atoms with Gasteiger partial charge in [-0.15, -0.1) is 0 Å². The predicted molar refractivity (Wildman–Crippen MR) is 62.3 cm³/mol. The fraction of sp³-hybridized carbons (Fsp3) is 0.769. The van der Waals surface area contributed by atoms with Crippen LogP contribution in [0, 0.1) is 11.8 Å². The maximum absolute atomic E-state index is 11.0. The lowest BCUT2D eigenvalue weighted by atomic mass is 9.88. The molecule has 0 amide bonds. The van der Waals surface area contributed by atoms with Crippen LogP contribution in [0.2, 0.25) is 0 Å². The van der Waals surface area contributed by atoms with Crippen LogP contribution in [0.25, 0.3) is 0 Å². The average molecular weight is 196 g/mol. The van der Waals surface area contributed by atoms with Crippen LogP contribution in [0.3, 0.4) is 0 Å². The van der Waals surface area contributed by atoms with Crippen LogP contribution >= 0.6 is 0 Å². The number of Topliss-reactive ketones (excluding diaryl/α,β-unsaturated/α-hetero) is 1. The minimum absolute atomic E-state index is 0.280. The van der Waals surface area contributed by atoms with Crippen molar-refractivity contribution in [3.05, 3.63) is 12.2 Å². The van der Waals surface area contributed by atoms with Crippen molar-refractivity contribution in [2.24, 2.45) is 11.8 Å². The molecule has 1 nitrogen and oxygen atoms in total. The Morgan fingerprint density at radius 1 is 1.29 bits per heavy atom. The lowest BCUT2D eigenvalue weighted by Crippen LogP contribution is -2.08. The highest BCUT2D eigenvalue weighted by atomic mass is 16.1. The van der Waals surface area contributed by atoms with Crippen LogP contribution in [0.1, 0.15) is 53.4 Å². The van der Waals surface area contributed by atoms with Crippen LogP contribution < -0.4 is 0 Å². The third kappa shape index (κ3) is 5.95. The molecule has 0 rings (SSSR count). The molecule has 0 aromatic rings. The number of carbonyl (C=O) groups excluding carboxylic acids is 1. The molecule has 14 heavy (non-hydrogen) atoms. The second-order valence-electron chi connectivity index (χ2n) is 4.54. The van der Waals surface area contributed by atoms with E-state index in [1.807, 2.05) is 6.92 Å². The first-order valence-electron chi connectivity index (χ1n) is 5.62. The monoisotopic (exact) mass is 196 g/mol. The lowest BCUT2D eigenvalue weighted by Gasteiger charge is -2.17. The van der Waals surface area contributed by atoms with Crippen molar-refractivity contribution in [2.45, 2.75) is 53.4 Å². The fourth-order valence-corrected chi connectivity index (χ4v) is 1.56. The van der Waals surface area contributed by atoms with Gasteiger partial charge in [-0.3, -0.25) is 0 Å². The summed E-state index contributed by atoms with van der Waals surface area (Å²) in [6, 6.07) is 0. The minimum atomic E-state index is 0.280. The number of carbonyl (C=O) groups is 1. The summed E-state index contributed by atoms with van der Waals surface area (Å²) in [4.78, 5) is 11.0. The molecule has 0 saturated carbocycles. The highest BCUT2D eigenvalue weighted by molar-refractivity contribution is 5.76. The molecule has 2 atom stereocenters. The van der Waals surface area contributed by atoms with Crippen LogP contribution in [-0.2, 0) is 4.79 Å². The number of rotatable bonds is 7. The molecule has 0 radical (unpaired) electrons. The summed E-state index contributed by atoms with van der Waals surface area (Å²) in [5.41, 5.74) is 1.16. The molecular weight excluding hydrogens is 172 g/mol. The summed E-state index contributed by atoms with van der Waals surface area (Å²) in [5.74, 6) is 1.45. The number of ketones is 1. The van der Waals surface area contributed by atoms with E-state index in [0.29, 0.717) is 12.3 Å². The average Bonchev–Trinajstić information content (AvgIpc) is 2.10. The molecule has 0 N–H and O–H groups in total. The molecule has 0 bridgehead atoms. The molecule has 0 aromatic carbocycles. The Morgan fingerprint density at radius 3 is 2.21 bits per heavy atom. The number of hydrogen-bond donors (Lipinski definition) is 0. The van der Waals surface area contributed by atoms with E-state index in [4.69, 9.17) is 0 Å². The second-order valence-corrected chi connectivity index (χ2v) is 4.54. The van der Waals surface area contributed by atoms with Gasteiger partial charge in [0.15, 0.2) is 0 Å². The smallest absolute Gasteiger partial charge is 0.130 e. The summed E-state index contributed by atoms with van der Waals surface area (Å²) in [7, 11) is 0. The Labute approximate surface area is 88.6 Å². The van der Waals surface area contributed by atoms with Gasteiger partial charge in [0.05, 0.1) is 0 Å². The zero-order valence-corrected chi connectivity index (χ0v) is 10.1. The Hall–Kier alpha value is -0.590. The second kappa shape index (κ2) is 6.80. The van der Waals surface area contributed by atoms with Crippen molar-refractivity contribution in [3.8, 4) is 0 Å². The van der Waals surface area contributed by atoms with E-state index >= 15 is 0 Å². The van der Waals surface area contributed by atoms with Gasteiger partial charge in [0.1, 0.15) is 5.78 Å². The van der Waals surface area contributed by atoms with Crippen molar-refractivity contribution >= 4 is 5.78 Å². The number of hydrogen-bond acceptors (Lipinski definition) is 1. The van der Waals surface area contributed by atoms with Crippen LogP contribution in [-0.4, -0.2) is 5.78 Å². The molecule has 0 saturated heterocycles. The molecule has 2 unspecified atom stereocenters. The molecule has 0 aliphatic carbocycles. The quantitative estimate of drug-likeness (QED) is 0.563. The van der Waals surface area contributed by atoms with Crippen molar-refractivity contribution in [1.29, 1.82) is 0 Å². The first kappa shape index (κ1) is 13.4. The maximum Gasteiger partial charge on any atom is 0.130 e. The zero-order valence-electron chi connectivity index (χ0n) is 10.1. The molecule has 0 spiro atoms. The summed E-state index contributed by atoms with van der Waals surface area (Å²) < 4.78 is 0. The Bertz CT molecular complexity index is 193. The molecule has 0 aromatic heterocycles. The third-order valence-corrected chi connectivity index (χ3v) is 2.94. The van der Waals surface area contributed by atoms with Gasteiger partial charge in [0.2, 0.25) is 0 Å². The van der Waals surface area contributed by atoms with Crippen molar-refractivity contribution in [1.82, 2.24) is 0 Å². The van der Waals surface area contributed by atoms with Gasteiger partial charge < -0.3 is 4.79 Å². The van der Waals surface area contributed by atoms with Gasteiger partial charge >= 0.3 is 0 Å². The first-order valence-corrected chi connectivity index (χ1v) is 5.62. The topological polar surface area (TPSA) is 17.1 Å². The zero-order chi connectivity index (χ0) is 11.1. The van der Waals surface area contributed by atoms with Crippen LogP contribution in [0.5, 0.6) is 0 Å². The molecular formula is C13H24O. The summed E-state index contributed by atoms with van der Waals surface area (Å²) in [6.07, 6.45) is 4.22. The number of allylic oxidation sites excluding steroid dienone is 1. The predicted octanol–water partition coefficient (Wildman–Crippen LogP) is 3.98. The Morgan fingerprint density at radius 2 is 1.86 bits per heavy atom. The minimum Gasteiger partial charge on any atom is -0.300 e. The van der Waals surface area contributed by atoms with E-state index in [9.17, 15) is 4.79 Å². The molecule has 1 heteroatoms. The largest absolute Gasteiger partial charge is 0.300 e. The van der Waals surface area contributed by atoms with E-state index in [0.717, 1.165) is 17.9 Å². The molecule has 82 valence electrons. The normalized spacial score (nSPS) is 14.9. The van der Waals surface area contributed by atoms with Crippen LogP contribution in [0.15, 0.2) is 12.2 Å². The van der Waals surface area contributed by atoms with E-state index in [1.165, 1.54) is 12.8 Å². The SMILES string of the molecule is C=C(C)C(CCC(C)CC)CC(C)=O. The summed E-state index contributed by atoms with van der Waals surface area (Å²) in [5, 5.41) is 0. The maximum atomic E-state index is 11.0. The van der Waals surface area contributed by atoms with E-state index in [1.54, 1.807) is 6.92 Å². The van der Waals surface area contributed by atoms with E-state index in [2.05, 4.69) is 20.4 Å². The van der Waals surface area contributed by atoms with Gasteiger partial charge in [0.25, 0.3) is 0 Å². The van der Waals surface area contributed by atoms with E-state index in [-0.39, 0.29) is 5.78 Å². The fourth-order valence-electron chi connectivity index (χ4n) is 1.56. The standard InChI is InChI=1S/C13H24O/c1-6-11(4)7-8-13(10(2)3)9-12(5)14/h11,13H,2,6-9H2,1,3-5H3. The van der Waals surface area contributed by atoms with Gasteiger partial charge in [-0.05, 0) is 32.1 Å². The van der Waals surface area contributed by atoms with Gasteiger partial charge in [-0.25, -0.2) is 0 Å². The van der Waals surface area contributed by atoms with Gasteiger partial charge in [-0.2, -0.15) is 0 Å². The van der Waals surface area contributed by atoms with E-state index < -0.39 is 0 Å².